The second-order valence-corrected chi connectivity index (χ2v) is 8.30. The fourth-order valence-electron chi connectivity index (χ4n) is 3.61. The Morgan fingerprint density at radius 2 is 1.40 bits per heavy atom. The van der Waals surface area contributed by atoms with Crippen LogP contribution in [0.25, 0.3) is 0 Å². The van der Waals surface area contributed by atoms with Crippen LogP contribution in [0.15, 0.2) is 0 Å². The number of nitrogens with two attached hydrogens (primary N) is 1. The average Bonchev–Trinajstić information content (AvgIpc) is 2.02. The molecule has 4 heteroatoms. The van der Waals surface area contributed by atoms with E-state index in [4.69, 9.17) is 5.73 Å². The number of carbonyl (C=O) groups excluding carboxylic acids is 1. The summed E-state index contributed by atoms with van der Waals surface area (Å²) in [5, 5.41) is 3.16. The van der Waals surface area contributed by atoms with Crippen LogP contribution in [0.3, 0.4) is 0 Å². The SMILES string of the molecule is C.CC(C)(C)C(=O)NC12CC(C1)C2.Cl.NC12CC(C1)C2. The van der Waals surface area contributed by atoms with Crippen molar-refractivity contribution in [2.45, 2.75) is 77.8 Å². The van der Waals surface area contributed by atoms with Crippen LogP contribution in [0.4, 0.5) is 0 Å². The van der Waals surface area contributed by atoms with Crippen molar-refractivity contribution >= 4 is 18.3 Å². The van der Waals surface area contributed by atoms with E-state index >= 15 is 0 Å². The molecule has 118 valence electrons. The lowest BCUT2D eigenvalue weighted by molar-refractivity contribution is -0.140. The topological polar surface area (TPSA) is 55.1 Å². The third-order valence-electron chi connectivity index (χ3n) is 5.18. The van der Waals surface area contributed by atoms with Gasteiger partial charge in [0.15, 0.2) is 0 Å². The lowest BCUT2D eigenvalue weighted by Crippen LogP contribution is -2.69. The average molecular weight is 303 g/mol. The number of halogens is 1. The van der Waals surface area contributed by atoms with Crippen LogP contribution in [0, 0.1) is 17.3 Å². The van der Waals surface area contributed by atoms with Gasteiger partial charge in [0.1, 0.15) is 0 Å². The highest BCUT2D eigenvalue weighted by Crippen LogP contribution is 2.57. The van der Waals surface area contributed by atoms with Gasteiger partial charge in [-0.3, -0.25) is 4.79 Å². The van der Waals surface area contributed by atoms with Gasteiger partial charge in [-0.25, -0.2) is 0 Å². The first kappa shape index (κ1) is 17.8. The van der Waals surface area contributed by atoms with Gasteiger partial charge in [0, 0.05) is 16.5 Å². The van der Waals surface area contributed by atoms with Crippen LogP contribution in [-0.4, -0.2) is 17.0 Å². The molecule has 0 spiro atoms. The molecule has 6 aliphatic carbocycles. The summed E-state index contributed by atoms with van der Waals surface area (Å²) in [5.74, 6) is 2.20. The number of hydrogen-bond donors (Lipinski definition) is 2. The Kier molecular flexibility index (Phi) is 4.59. The fraction of sp³-hybridized carbons (Fsp3) is 0.938. The fourth-order valence-corrected chi connectivity index (χ4v) is 3.61. The van der Waals surface area contributed by atoms with Gasteiger partial charge in [0.25, 0.3) is 0 Å². The van der Waals surface area contributed by atoms with Gasteiger partial charge < -0.3 is 11.1 Å². The van der Waals surface area contributed by atoms with Crippen molar-refractivity contribution in [1.82, 2.24) is 5.32 Å². The summed E-state index contributed by atoms with van der Waals surface area (Å²) >= 11 is 0. The van der Waals surface area contributed by atoms with Gasteiger partial charge in [-0.15, -0.1) is 12.4 Å². The van der Waals surface area contributed by atoms with Crippen molar-refractivity contribution in [1.29, 1.82) is 0 Å². The molecule has 0 heterocycles. The maximum atomic E-state index is 11.6. The maximum Gasteiger partial charge on any atom is 0.225 e. The molecule has 4 bridgehead atoms. The Hall–Kier alpha value is -0.280. The molecule has 3 N–H and O–H groups in total. The van der Waals surface area contributed by atoms with Crippen LogP contribution in [0.2, 0.25) is 0 Å². The molecule has 6 rings (SSSR count). The minimum absolute atomic E-state index is 0. The van der Waals surface area contributed by atoms with Gasteiger partial charge in [0.05, 0.1) is 0 Å². The number of carbonyl (C=O) groups is 1. The minimum atomic E-state index is -0.227. The number of rotatable bonds is 1. The predicted molar refractivity (Wildman–Crippen MR) is 85.9 cm³/mol. The number of amides is 1. The smallest absolute Gasteiger partial charge is 0.225 e. The van der Waals surface area contributed by atoms with Crippen molar-refractivity contribution in [3.8, 4) is 0 Å². The van der Waals surface area contributed by atoms with E-state index < -0.39 is 0 Å². The Bertz CT molecular complexity index is 354. The Morgan fingerprint density at radius 3 is 1.55 bits per heavy atom. The molecule has 1 amide bonds. The highest BCUT2D eigenvalue weighted by atomic mass is 35.5. The second-order valence-electron chi connectivity index (χ2n) is 8.30. The molecule has 0 atom stereocenters. The van der Waals surface area contributed by atoms with Crippen LogP contribution in [-0.2, 0) is 4.79 Å². The van der Waals surface area contributed by atoms with E-state index in [0.29, 0.717) is 5.54 Å². The molecule has 0 aromatic heterocycles. The molecule has 0 aliphatic heterocycles. The molecule has 0 saturated heterocycles. The third-order valence-corrected chi connectivity index (χ3v) is 5.18. The highest BCUT2D eigenvalue weighted by molar-refractivity contribution is 5.85. The predicted octanol–water partition coefficient (Wildman–Crippen LogP) is 3.26. The zero-order chi connectivity index (χ0) is 13.2. The monoisotopic (exact) mass is 302 g/mol. The summed E-state index contributed by atoms with van der Waals surface area (Å²) in [6.45, 7) is 5.90. The van der Waals surface area contributed by atoms with Gasteiger partial charge in [-0.05, 0) is 50.4 Å². The van der Waals surface area contributed by atoms with Crippen molar-refractivity contribution in [2.75, 3.05) is 0 Å². The van der Waals surface area contributed by atoms with E-state index in [1.165, 1.54) is 38.5 Å². The molecule has 6 saturated carbocycles. The van der Waals surface area contributed by atoms with Crippen LogP contribution < -0.4 is 11.1 Å². The van der Waals surface area contributed by atoms with Crippen molar-refractivity contribution in [3.05, 3.63) is 0 Å². The summed E-state index contributed by atoms with van der Waals surface area (Å²) in [7, 11) is 0. The van der Waals surface area contributed by atoms with E-state index in [1.54, 1.807) is 0 Å². The molecular formula is C16H31ClN2O. The van der Waals surface area contributed by atoms with E-state index in [9.17, 15) is 4.79 Å². The van der Waals surface area contributed by atoms with E-state index in [-0.39, 0.29) is 36.7 Å². The summed E-state index contributed by atoms with van der Waals surface area (Å²) in [6.07, 6.45) is 7.67. The quantitative estimate of drug-likeness (QED) is 0.781. The van der Waals surface area contributed by atoms with Crippen molar-refractivity contribution in [2.24, 2.45) is 23.0 Å². The summed E-state index contributed by atoms with van der Waals surface area (Å²) in [6, 6.07) is 0. The first-order valence-electron chi connectivity index (χ1n) is 7.31. The van der Waals surface area contributed by atoms with Gasteiger partial charge >= 0.3 is 0 Å². The van der Waals surface area contributed by atoms with Crippen LogP contribution >= 0.6 is 12.4 Å². The van der Waals surface area contributed by atoms with Crippen molar-refractivity contribution < 1.29 is 4.79 Å². The summed E-state index contributed by atoms with van der Waals surface area (Å²) in [4.78, 5) is 11.6. The zero-order valence-electron chi connectivity index (χ0n) is 12.3. The lowest BCUT2D eigenvalue weighted by Gasteiger charge is -2.62. The maximum absolute atomic E-state index is 11.6. The molecule has 6 aliphatic rings. The molecule has 0 aromatic rings. The lowest BCUT2D eigenvalue weighted by atomic mass is 9.50. The Labute approximate surface area is 129 Å². The first-order chi connectivity index (χ1) is 8.20. The van der Waals surface area contributed by atoms with Crippen LogP contribution in [0.5, 0.6) is 0 Å². The molecular weight excluding hydrogens is 272 g/mol. The van der Waals surface area contributed by atoms with Gasteiger partial charge in [0.2, 0.25) is 5.91 Å². The van der Waals surface area contributed by atoms with E-state index in [2.05, 4.69) is 5.32 Å². The summed E-state index contributed by atoms with van der Waals surface area (Å²) in [5.41, 5.74) is 6.07. The van der Waals surface area contributed by atoms with Crippen molar-refractivity contribution in [3.63, 3.8) is 0 Å². The number of nitrogens with one attached hydrogen (secondary N) is 1. The Morgan fingerprint density at radius 1 is 1.05 bits per heavy atom. The molecule has 0 unspecified atom stereocenters. The Balaban J connectivity index is 0.000000212. The largest absolute Gasteiger partial charge is 0.350 e. The standard InChI is InChI=1S/C10H17NO.C5H9N.CH4.ClH/c1-9(2,3)8(12)11-10-4-7(5-10)6-10;6-5-1-4(2-5)3-5;;/h7H,4-6H2,1-3H3,(H,11,12);4H,1-3,6H2;1H4;1H. The minimum Gasteiger partial charge on any atom is -0.350 e. The molecule has 0 aromatic carbocycles. The normalized spacial score (nSPS) is 41.6. The molecule has 3 nitrogen and oxygen atoms in total. The molecule has 6 fully saturated rings. The van der Waals surface area contributed by atoms with Gasteiger partial charge in [-0.2, -0.15) is 0 Å². The molecule has 20 heavy (non-hydrogen) atoms. The zero-order valence-corrected chi connectivity index (χ0v) is 13.1. The molecule has 0 radical (unpaired) electrons. The second kappa shape index (κ2) is 5.17. The summed E-state index contributed by atoms with van der Waals surface area (Å²) < 4.78 is 0. The third kappa shape index (κ3) is 2.99. The van der Waals surface area contributed by atoms with Crippen LogP contribution in [0.1, 0.15) is 66.7 Å². The van der Waals surface area contributed by atoms with Gasteiger partial charge in [-0.1, -0.05) is 28.2 Å². The number of hydrogen-bond acceptors (Lipinski definition) is 2. The van der Waals surface area contributed by atoms with E-state index in [1.807, 2.05) is 20.8 Å². The first-order valence-corrected chi connectivity index (χ1v) is 7.31. The highest BCUT2D eigenvalue weighted by Gasteiger charge is 2.57. The van der Waals surface area contributed by atoms with E-state index in [0.717, 1.165) is 11.8 Å².